The van der Waals surface area contributed by atoms with Gasteiger partial charge < -0.3 is 15.4 Å². The van der Waals surface area contributed by atoms with Crippen LogP contribution in [0.4, 0.5) is 11.4 Å². The van der Waals surface area contributed by atoms with Crippen LogP contribution < -0.4 is 15.4 Å². The molecule has 6 nitrogen and oxygen atoms in total. The van der Waals surface area contributed by atoms with Crippen LogP contribution in [0.25, 0.3) is 0 Å². The van der Waals surface area contributed by atoms with Gasteiger partial charge in [-0.3, -0.25) is 14.4 Å². The van der Waals surface area contributed by atoms with E-state index in [1.54, 1.807) is 42.5 Å². The summed E-state index contributed by atoms with van der Waals surface area (Å²) in [7, 11) is 0. The van der Waals surface area contributed by atoms with Gasteiger partial charge in [0.1, 0.15) is 5.75 Å². The predicted octanol–water partition coefficient (Wildman–Crippen LogP) is 5.20. The molecule has 0 aliphatic rings. The quantitative estimate of drug-likeness (QED) is 0.359. The van der Waals surface area contributed by atoms with Crippen molar-refractivity contribution in [3.05, 3.63) is 88.4 Å². The lowest BCUT2D eigenvalue weighted by molar-refractivity contribution is -0.131. The van der Waals surface area contributed by atoms with Gasteiger partial charge in [0.15, 0.2) is 0 Å². The number of ether oxygens (including phenoxy) is 1. The van der Waals surface area contributed by atoms with Crippen LogP contribution in [0, 0.1) is 0 Å². The molecule has 0 unspecified atom stereocenters. The summed E-state index contributed by atoms with van der Waals surface area (Å²) in [6, 6.07) is 21.1. The molecule has 0 spiro atoms. The Kier molecular flexibility index (Phi) is 7.56. The third-order valence-corrected chi connectivity index (χ3v) is 4.81. The molecule has 2 N–H and O–H groups in total. The van der Waals surface area contributed by atoms with E-state index in [1.807, 2.05) is 24.3 Å². The first-order valence-electron chi connectivity index (χ1n) is 9.63. The summed E-state index contributed by atoms with van der Waals surface area (Å²) < 4.78 is 5.99. The van der Waals surface area contributed by atoms with Crippen LogP contribution in [0.3, 0.4) is 0 Å². The predicted molar refractivity (Wildman–Crippen MR) is 123 cm³/mol. The van der Waals surface area contributed by atoms with Crippen LogP contribution in [0.5, 0.6) is 5.75 Å². The van der Waals surface area contributed by atoms with Gasteiger partial charge in [0.05, 0.1) is 0 Å². The number of amides is 2. The highest BCUT2D eigenvalue weighted by Gasteiger charge is 2.09. The summed E-state index contributed by atoms with van der Waals surface area (Å²) >= 11 is 3.42. The number of anilines is 2. The molecule has 31 heavy (non-hydrogen) atoms. The minimum absolute atomic E-state index is 0.0842. The zero-order chi connectivity index (χ0) is 22.2. The molecule has 0 aliphatic carbocycles. The fourth-order valence-electron chi connectivity index (χ4n) is 2.88. The third kappa shape index (κ3) is 7.08. The number of halogens is 1. The lowest BCUT2D eigenvalue weighted by Gasteiger charge is -2.09. The number of aryl methyl sites for hydroxylation is 1. The van der Waals surface area contributed by atoms with Gasteiger partial charge in [0, 0.05) is 34.8 Å². The first-order chi connectivity index (χ1) is 14.9. The van der Waals surface area contributed by atoms with Crippen molar-refractivity contribution in [1.82, 2.24) is 0 Å². The minimum atomic E-state index is -0.452. The Morgan fingerprint density at radius 1 is 0.871 bits per heavy atom. The largest absolute Gasteiger partial charge is 0.427 e. The zero-order valence-electron chi connectivity index (χ0n) is 16.9. The first-order valence-corrected chi connectivity index (χ1v) is 10.4. The van der Waals surface area contributed by atoms with Crippen molar-refractivity contribution in [2.24, 2.45) is 0 Å². The van der Waals surface area contributed by atoms with Crippen molar-refractivity contribution in [3.63, 3.8) is 0 Å². The molecule has 158 valence electrons. The van der Waals surface area contributed by atoms with E-state index in [-0.39, 0.29) is 11.8 Å². The van der Waals surface area contributed by atoms with Crippen LogP contribution in [0.1, 0.15) is 29.3 Å². The van der Waals surface area contributed by atoms with E-state index in [2.05, 4.69) is 26.6 Å². The van der Waals surface area contributed by atoms with Crippen LogP contribution >= 0.6 is 15.9 Å². The van der Waals surface area contributed by atoms with E-state index in [1.165, 1.54) is 13.0 Å². The Hall–Kier alpha value is -3.45. The molecular formula is C24H21BrN2O4. The van der Waals surface area contributed by atoms with E-state index in [0.29, 0.717) is 35.5 Å². The molecule has 0 bridgehead atoms. The standard InChI is InChI=1S/C24H21BrN2O4/c1-16(28)31-22-7-3-5-18(15-22)24(30)27-21-11-9-20(10-12-21)26-23(29)13-8-17-4-2-6-19(25)14-17/h2-7,9-12,14-15H,8,13H2,1H3,(H,26,29)(H,27,30). The van der Waals surface area contributed by atoms with Crippen molar-refractivity contribution < 1.29 is 19.1 Å². The van der Waals surface area contributed by atoms with Crippen molar-refractivity contribution in [2.45, 2.75) is 19.8 Å². The van der Waals surface area contributed by atoms with E-state index in [9.17, 15) is 14.4 Å². The number of hydrogen-bond acceptors (Lipinski definition) is 4. The maximum atomic E-state index is 12.4. The number of esters is 1. The summed E-state index contributed by atoms with van der Waals surface area (Å²) in [5.74, 6) is -0.563. The maximum Gasteiger partial charge on any atom is 0.308 e. The van der Waals surface area contributed by atoms with Gasteiger partial charge in [-0.2, -0.15) is 0 Å². The van der Waals surface area contributed by atoms with Crippen LogP contribution in [0.2, 0.25) is 0 Å². The molecular weight excluding hydrogens is 460 g/mol. The highest BCUT2D eigenvalue weighted by Crippen LogP contribution is 2.18. The molecule has 3 rings (SSSR count). The van der Waals surface area contributed by atoms with Crippen molar-refractivity contribution in [3.8, 4) is 5.75 Å². The Balaban J connectivity index is 1.53. The molecule has 0 radical (unpaired) electrons. The fraction of sp³-hybridized carbons (Fsp3) is 0.125. The molecule has 2 amide bonds. The summed E-state index contributed by atoms with van der Waals surface area (Å²) in [6.45, 7) is 1.30. The zero-order valence-corrected chi connectivity index (χ0v) is 18.4. The summed E-state index contributed by atoms with van der Waals surface area (Å²) in [6.07, 6.45) is 1.01. The SMILES string of the molecule is CC(=O)Oc1cccc(C(=O)Nc2ccc(NC(=O)CCc3cccc(Br)c3)cc2)c1. The second kappa shape index (κ2) is 10.5. The summed E-state index contributed by atoms with van der Waals surface area (Å²) in [5, 5.41) is 5.63. The molecule has 3 aromatic carbocycles. The van der Waals surface area contributed by atoms with Crippen molar-refractivity contribution in [2.75, 3.05) is 10.6 Å². The number of nitrogens with one attached hydrogen (secondary N) is 2. The van der Waals surface area contributed by atoms with Gasteiger partial charge in [-0.25, -0.2) is 0 Å². The van der Waals surface area contributed by atoms with Gasteiger partial charge in [-0.15, -0.1) is 0 Å². The smallest absolute Gasteiger partial charge is 0.308 e. The van der Waals surface area contributed by atoms with Crippen LogP contribution in [0.15, 0.2) is 77.3 Å². The molecule has 0 heterocycles. The monoisotopic (exact) mass is 480 g/mol. The Labute approximate surface area is 188 Å². The molecule has 0 atom stereocenters. The fourth-order valence-corrected chi connectivity index (χ4v) is 3.33. The van der Waals surface area contributed by atoms with E-state index >= 15 is 0 Å². The average Bonchev–Trinajstić information content (AvgIpc) is 2.73. The number of hydrogen-bond donors (Lipinski definition) is 2. The van der Waals surface area contributed by atoms with Gasteiger partial charge in [-0.05, 0) is 66.6 Å². The second-order valence-corrected chi connectivity index (χ2v) is 7.75. The topological polar surface area (TPSA) is 84.5 Å². The summed E-state index contributed by atoms with van der Waals surface area (Å²) in [5.41, 5.74) is 2.67. The molecule has 3 aromatic rings. The summed E-state index contributed by atoms with van der Waals surface area (Å²) in [4.78, 5) is 35.7. The van der Waals surface area contributed by atoms with Crippen molar-refractivity contribution >= 4 is 45.1 Å². The van der Waals surface area contributed by atoms with E-state index < -0.39 is 5.97 Å². The first kappa shape index (κ1) is 22.2. The Morgan fingerprint density at radius 2 is 1.55 bits per heavy atom. The Morgan fingerprint density at radius 3 is 2.23 bits per heavy atom. The molecule has 7 heteroatoms. The maximum absolute atomic E-state index is 12.4. The number of benzene rings is 3. The molecule has 0 aromatic heterocycles. The number of carbonyl (C=O) groups is 3. The molecule has 0 saturated carbocycles. The van der Waals surface area contributed by atoms with Crippen LogP contribution in [-0.4, -0.2) is 17.8 Å². The third-order valence-electron chi connectivity index (χ3n) is 4.31. The second-order valence-electron chi connectivity index (χ2n) is 6.83. The van der Waals surface area contributed by atoms with E-state index in [4.69, 9.17) is 4.74 Å². The minimum Gasteiger partial charge on any atom is -0.427 e. The van der Waals surface area contributed by atoms with Gasteiger partial charge in [0.2, 0.25) is 5.91 Å². The lowest BCUT2D eigenvalue weighted by Crippen LogP contribution is -2.13. The van der Waals surface area contributed by atoms with Gasteiger partial charge in [0.25, 0.3) is 5.91 Å². The highest BCUT2D eigenvalue weighted by molar-refractivity contribution is 9.10. The van der Waals surface area contributed by atoms with Gasteiger partial charge in [-0.1, -0.05) is 34.1 Å². The molecule has 0 aliphatic heterocycles. The highest BCUT2D eigenvalue weighted by atomic mass is 79.9. The van der Waals surface area contributed by atoms with Gasteiger partial charge >= 0.3 is 5.97 Å². The number of carbonyl (C=O) groups excluding carboxylic acids is 3. The van der Waals surface area contributed by atoms with Crippen LogP contribution in [-0.2, 0) is 16.0 Å². The normalized spacial score (nSPS) is 10.3. The average molecular weight is 481 g/mol. The van der Waals surface area contributed by atoms with Crippen molar-refractivity contribution in [1.29, 1.82) is 0 Å². The van der Waals surface area contributed by atoms with E-state index in [0.717, 1.165) is 10.0 Å². The number of rotatable bonds is 7. The Bertz CT molecular complexity index is 1100. The molecule has 0 fully saturated rings. The lowest BCUT2D eigenvalue weighted by atomic mass is 10.1. The molecule has 0 saturated heterocycles.